The van der Waals surface area contributed by atoms with Gasteiger partial charge in [-0.15, -0.1) is 0 Å². The second kappa shape index (κ2) is 41.0. The summed E-state index contributed by atoms with van der Waals surface area (Å²) < 4.78 is 47.6. The average Bonchev–Trinajstić information content (AvgIpc) is 3.22. The van der Waals surface area contributed by atoms with Crippen molar-refractivity contribution in [3.05, 3.63) is 85.1 Å². The van der Waals surface area contributed by atoms with Crippen molar-refractivity contribution in [1.29, 1.82) is 0 Å². The van der Waals surface area contributed by atoms with Gasteiger partial charge in [0, 0.05) is 12.8 Å². The minimum Gasteiger partial charge on any atom is -0.462 e. The topological polar surface area (TPSA) is 216 Å². The molecule has 0 aliphatic heterocycles. The van der Waals surface area contributed by atoms with Crippen LogP contribution in [0, 0.1) is 0 Å². The Labute approximate surface area is 371 Å². The first kappa shape index (κ1) is 59.3. The van der Waals surface area contributed by atoms with Gasteiger partial charge in [-0.1, -0.05) is 137 Å². The summed E-state index contributed by atoms with van der Waals surface area (Å²) in [6.07, 6.45) is 43.1. The maximum atomic E-state index is 12.7. The summed E-state index contributed by atoms with van der Waals surface area (Å²) in [6.45, 7) is 1.44. The number of phosphoric ester groups is 2. The van der Waals surface area contributed by atoms with Crippen molar-refractivity contribution in [2.75, 3.05) is 26.4 Å². The fourth-order valence-electron chi connectivity index (χ4n) is 5.40. The maximum Gasteiger partial charge on any atom is 0.472 e. The van der Waals surface area contributed by atoms with Crippen molar-refractivity contribution in [1.82, 2.24) is 0 Å². The number of esters is 2. The fraction of sp³-hybridized carbons (Fsp3) is 0.652. The number of rotatable bonds is 41. The Balaban J connectivity index is 4.75. The molecular formula is C46H78O14P2. The maximum absolute atomic E-state index is 12.7. The summed E-state index contributed by atoms with van der Waals surface area (Å²) in [4.78, 5) is 52.7. The molecule has 0 saturated carbocycles. The molecule has 0 amide bonds. The van der Waals surface area contributed by atoms with Crippen molar-refractivity contribution in [2.45, 2.75) is 167 Å². The molecule has 62 heavy (non-hydrogen) atoms. The molecular weight excluding hydrogens is 838 g/mol. The number of carbonyl (C=O) groups is 2. The van der Waals surface area contributed by atoms with Gasteiger partial charge in [0.2, 0.25) is 0 Å². The van der Waals surface area contributed by atoms with Gasteiger partial charge in [0.25, 0.3) is 0 Å². The standard InChI is InChI=1S/C46H78O14P2/c1-3-5-7-9-11-13-15-17-18-19-20-22-24-26-28-30-32-36-45(49)56-40-44(41-59-62(54,55)58-39-43(48)38-57-61(51,52)53)60-46(50)37-33-35-42(47)34-31-29-27-25-23-21-16-14-12-10-8-6-4-2/h11-14,17-18,20-23,27,29,31,34,42-44,47-48H,3-10,15-16,19,24-26,28,30,32-33,35-41H2,1-2H3,(H,54,55)(H2,51,52,53)/b13-11-,14-12-,18-17-,22-20-,23-21-,29-27-,34-31+/t42-,43-,44+/m0/s1. The molecule has 14 nitrogen and oxygen atoms in total. The van der Waals surface area contributed by atoms with Gasteiger partial charge in [-0.05, 0) is 83.5 Å². The lowest BCUT2D eigenvalue weighted by Crippen LogP contribution is -2.30. The molecule has 16 heteroatoms. The highest BCUT2D eigenvalue weighted by Gasteiger charge is 2.28. The minimum atomic E-state index is -4.89. The first-order chi connectivity index (χ1) is 29.8. The molecule has 0 rings (SSSR count). The number of unbranched alkanes of at least 4 members (excludes halogenated alkanes) is 10. The second-order valence-electron chi connectivity index (χ2n) is 14.8. The lowest BCUT2D eigenvalue weighted by Gasteiger charge is -2.20. The third-order valence-corrected chi connectivity index (χ3v) is 10.3. The molecule has 0 radical (unpaired) electrons. The normalized spacial score (nSPS) is 15.3. The molecule has 0 spiro atoms. The van der Waals surface area contributed by atoms with Gasteiger partial charge in [-0.25, -0.2) is 9.13 Å². The Morgan fingerprint density at radius 1 is 0.532 bits per heavy atom. The van der Waals surface area contributed by atoms with Crippen molar-refractivity contribution in [3.63, 3.8) is 0 Å². The molecule has 0 bridgehead atoms. The number of ether oxygens (including phenoxy) is 2. The van der Waals surface area contributed by atoms with Crippen LogP contribution in [0.4, 0.5) is 0 Å². The summed E-state index contributed by atoms with van der Waals surface area (Å²) in [6, 6.07) is 0. The van der Waals surface area contributed by atoms with Crippen molar-refractivity contribution < 1.29 is 66.7 Å². The van der Waals surface area contributed by atoms with Crippen LogP contribution in [0.3, 0.4) is 0 Å². The van der Waals surface area contributed by atoms with E-state index in [9.17, 15) is 33.8 Å². The zero-order valence-corrected chi connectivity index (χ0v) is 39.1. The Morgan fingerprint density at radius 2 is 1.02 bits per heavy atom. The van der Waals surface area contributed by atoms with Crippen LogP contribution in [0.15, 0.2) is 85.1 Å². The van der Waals surface area contributed by atoms with Gasteiger partial charge >= 0.3 is 27.6 Å². The molecule has 0 heterocycles. The Hall–Kier alpha value is -2.74. The van der Waals surface area contributed by atoms with Gasteiger partial charge in [-0.3, -0.25) is 23.2 Å². The molecule has 0 fully saturated rings. The van der Waals surface area contributed by atoms with Crippen LogP contribution in [0.25, 0.3) is 0 Å². The number of aliphatic hydroxyl groups excluding tert-OH is 2. The van der Waals surface area contributed by atoms with Crippen LogP contribution in [0.2, 0.25) is 0 Å². The number of hydrogen-bond donors (Lipinski definition) is 5. The van der Waals surface area contributed by atoms with Crippen LogP contribution in [0.5, 0.6) is 0 Å². The highest BCUT2D eigenvalue weighted by Crippen LogP contribution is 2.43. The molecule has 0 saturated heterocycles. The first-order valence-electron chi connectivity index (χ1n) is 22.4. The summed E-state index contributed by atoms with van der Waals surface area (Å²) in [7, 11) is -9.76. The van der Waals surface area contributed by atoms with E-state index in [1.165, 1.54) is 38.5 Å². The Bertz CT molecular complexity index is 1430. The molecule has 0 aliphatic carbocycles. The van der Waals surface area contributed by atoms with E-state index >= 15 is 0 Å². The lowest BCUT2D eigenvalue weighted by atomic mass is 10.1. The van der Waals surface area contributed by atoms with E-state index in [2.05, 4.69) is 83.7 Å². The second-order valence-corrected chi connectivity index (χ2v) is 17.5. The lowest BCUT2D eigenvalue weighted by molar-refractivity contribution is -0.161. The highest BCUT2D eigenvalue weighted by atomic mass is 31.2. The largest absolute Gasteiger partial charge is 0.472 e. The number of phosphoric acid groups is 2. The van der Waals surface area contributed by atoms with E-state index in [0.29, 0.717) is 6.42 Å². The third-order valence-electron chi connectivity index (χ3n) is 8.85. The summed E-state index contributed by atoms with van der Waals surface area (Å²) in [5.74, 6) is -1.27. The quantitative estimate of drug-likeness (QED) is 0.0127. The van der Waals surface area contributed by atoms with E-state index in [1.807, 2.05) is 12.2 Å². The predicted molar refractivity (Wildman–Crippen MR) is 245 cm³/mol. The van der Waals surface area contributed by atoms with E-state index in [1.54, 1.807) is 12.2 Å². The van der Waals surface area contributed by atoms with E-state index < -0.39 is 72.3 Å². The van der Waals surface area contributed by atoms with Crippen molar-refractivity contribution in [3.8, 4) is 0 Å². The fourth-order valence-corrected chi connectivity index (χ4v) is 6.55. The average molecular weight is 917 g/mol. The Kier molecular flexibility index (Phi) is 39.2. The molecule has 356 valence electrons. The molecule has 1 unspecified atom stereocenters. The predicted octanol–water partition coefficient (Wildman–Crippen LogP) is 10.5. The monoisotopic (exact) mass is 916 g/mol. The summed E-state index contributed by atoms with van der Waals surface area (Å²) in [5.41, 5.74) is 0. The third kappa shape index (κ3) is 43.9. The van der Waals surface area contributed by atoms with Gasteiger partial charge in [0.05, 0.1) is 25.9 Å². The number of hydrogen-bond acceptors (Lipinski definition) is 11. The Morgan fingerprint density at radius 3 is 1.58 bits per heavy atom. The molecule has 0 aliphatic rings. The van der Waals surface area contributed by atoms with Crippen molar-refractivity contribution in [2.24, 2.45) is 0 Å². The molecule has 4 atom stereocenters. The van der Waals surface area contributed by atoms with Crippen LogP contribution in [0.1, 0.15) is 149 Å². The minimum absolute atomic E-state index is 0.106. The van der Waals surface area contributed by atoms with Crippen LogP contribution in [-0.2, 0) is 41.8 Å². The smallest absolute Gasteiger partial charge is 0.462 e. The number of allylic oxidation sites excluding steroid dienone is 13. The zero-order valence-electron chi connectivity index (χ0n) is 37.3. The van der Waals surface area contributed by atoms with Gasteiger partial charge in [0.15, 0.2) is 6.10 Å². The molecule has 0 aromatic heterocycles. The number of carbonyl (C=O) groups excluding carboxylic acids is 2. The van der Waals surface area contributed by atoms with Crippen LogP contribution < -0.4 is 0 Å². The van der Waals surface area contributed by atoms with Gasteiger partial charge < -0.3 is 34.4 Å². The summed E-state index contributed by atoms with van der Waals surface area (Å²) in [5, 5.41) is 20.1. The first-order valence-corrected chi connectivity index (χ1v) is 25.4. The van der Waals surface area contributed by atoms with E-state index in [0.717, 1.165) is 64.2 Å². The van der Waals surface area contributed by atoms with E-state index in [-0.39, 0.29) is 25.7 Å². The van der Waals surface area contributed by atoms with Crippen LogP contribution >= 0.6 is 15.6 Å². The molecule has 5 N–H and O–H groups in total. The zero-order chi connectivity index (χ0) is 46.0. The SMILES string of the molecule is CCCCC/C=C\C/C=C\C/C=C\C=C\[C@H](O)CCCC(=O)O[C@H](COC(=O)CCCCCC/C=C\C/C=C\C/C=C\CCCCC)COP(=O)(O)OC[C@@H](O)COP(=O)(O)O. The van der Waals surface area contributed by atoms with Crippen molar-refractivity contribution >= 4 is 27.6 Å². The molecule has 0 aromatic rings. The van der Waals surface area contributed by atoms with Crippen LogP contribution in [-0.4, -0.2) is 81.6 Å². The summed E-state index contributed by atoms with van der Waals surface area (Å²) >= 11 is 0. The van der Waals surface area contributed by atoms with E-state index in [4.69, 9.17) is 23.8 Å². The number of aliphatic hydroxyl groups is 2. The highest BCUT2D eigenvalue weighted by molar-refractivity contribution is 7.47. The molecule has 0 aromatic carbocycles. The van der Waals surface area contributed by atoms with Gasteiger partial charge in [-0.2, -0.15) is 0 Å². The van der Waals surface area contributed by atoms with Gasteiger partial charge in [0.1, 0.15) is 12.7 Å².